The number of rotatable bonds is 6. The zero-order valence-electron chi connectivity index (χ0n) is 16.6. The number of hydrogen-bond acceptors (Lipinski definition) is 6. The number of fused-ring (bicyclic) bond motifs is 1. The number of benzene rings is 1. The largest absolute Gasteiger partial charge is 1.00 e. The van der Waals surface area contributed by atoms with E-state index in [-0.39, 0.29) is 51.8 Å². The molecule has 1 heterocycles. The van der Waals surface area contributed by atoms with Crippen molar-refractivity contribution in [2.24, 2.45) is 0 Å². The molecular formula is C13H15N2NaO6S. The first kappa shape index (κ1) is 14.1. The summed E-state index contributed by atoms with van der Waals surface area (Å²) in [5, 5.41) is 2.06. The smallest absolute Gasteiger partial charge is 0.716 e. The number of hydrogen-bond donors (Lipinski definition) is 2. The Morgan fingerprint density at radius 2 is 2.13 bits per heavy atom. The summed E-state index contributed by atoms with van der Waals surface area (Å²) < 4.78 is 73.6. The molecule has 8 nitrogen and oxygen atoms in total. The molecule has 0 radical (unpaired) electrons. The fourth-order valence-corrected chi connectivity index (χ4v) is 2.10. The van der Waals surface area contributed by atoms with E-state index in [1.165, 1.54) is 19.4 Å². The second-order valence-corrected chi connectivity index (χ2v) is 5.16. The van der Waals surface area contributed by atoms with E-state index >= 15 is 0 Å². The monoisotopic (exact) mass is 354 g/mol. The van der Waals surface area contributed by atoms with Crippen molar-refractivity contribution >= 4 is 27.2 Å². The van der Waals surface area contributed by atoms with Gasteiger partial charge >= 0.3 is 29.6 Å². The molecule has 2 aromatic rings. The second kappa shape index (κ2) is 8.02. The molecule has 0 saturated carbocycles. The van der Waals surface area contributed by atoms with Gasteiger partial charge in [0.1, 0.15) is 0 Å². The average molecular weight is 354 g/mol. The first-order chi connectivity index (χ1) is 11.8. The third kappa shape index (κ3) is 5.40. The van der Waals surface area contributed by atoms with Crippen LogP contribution in [0, 0.1) is 0 Å². The number of carbonyl (C=O) groups is 1. The van der Waals surface area contributed by atoms with Crippen LogP contribution in [0.3, 0.4) is 0 Å². The van der Waals surface area contributed by atoms with Gasteiger partial charge in [0.15, 0.2) is 11.5 Å². The molecule has 10 heteroatoms. The Hall–Kier alpha value is -1.26. The van der Waals surface area contributed by atoms with Gasteiger partial charge in [0.2, 0.25) is 5.91 Å². The van der Waals surface area contributed by atoms with Crippen molar-refractivity contribution in [3.8, 4) is 11.5 Å². The first-order valence-corrected chi connectivity index (χ1v) is 7.25. The van der Waals surface area contributed by atoms with Crippen molar-refractivity contribution in [3.63, 3.8) is 0 Å². The molecule has 120 valence electrons. The van der Waals surface area contributed by atoms with Crippen LogP contribution in [0.5, 0.6) is 11.5 Å². The van der Waals surface area contributed by atoms with Crippen LogP contribution in [0.15, 0.2) is 18.3 Å². The summed E-state index contributed by atoms with van der Waals surface area (Å²) in [6.45, 7) is -1.69. The molecule has 0 spiro atoms. The molecule has 1 aromatic carbocycles. The zero-order chi connectivity index (χ0) is 19.9. The van der Waals surface area contributed by atoms with Crippen molar-refractivity contribution in [2.75, 3.05) is 13.6 Å². The van der Waals surface area contributed by atoms with Gasteiger partial charge in [0, 0.05) is 42.1 Å². The minimum absolute atomic E-state index is 0. The molecule has 0 atom stereocenters. The molecule has 0 bridgehead atoms. The predicted octanol–water partition coefficient (Wildman–Crippen LogP) is -2.30. The maximum Gasteiger partial charge on any atom is 1.00 e. The maximum absolute atomic E-state index is 11.2. The number of nitrogens with one attached hydrogen (secondary N) is 2. The third-order valence-corrected chi connectivity index (χ3v) is 2.98. The van der Waals surface area contributed by atoms with Gasteiger partial charge in [-0.25, -0.2) is 8.42 Å². The minimum Gasteiger partial charge on any atom is -0.716 e. The Balaban J connectivity index is 0.00000364. The van der Waals surface area contributed by atoms with E-state index in [1.54, 1.807) is 0 Å². The topological polar surface area (TPSA) is 121 Å². The number of H-pyrrole nitrogens is 1. The molecular weight excluding hydrogens is 335 g/mol. The maximum atomic E-state index is 11.2. The molecule has 0 aliphatic rings. The van der Waals surface area contributed by atoms with Crippen molar-refractivity contribution in [2.45, 2.75) is 13.3 Å². The Morgan fingerprint density at radius 3 is 2.70 bits per heavy atom. The molecule has 1 amide bonds. The van der Waals surface area contributed by atoms with Gasteiger partial charge in [-0.1, -0.05) is 0 Å². The standard InChI is InChI=1S/C13H16N2O6S.Na/c1-8(16)14-4-3-9-7-15-11-6-13(21-22(17,18)19)12(20-2)5-10(9)11;/h5-7,15H,3-4H2,1-2H3,(H,14,16)(H,17,18,19);/q;+1/p-1/i3D2,4D2;. The summed E-state index contributed by atoms with van der Waals surface area (Å²) in [5.41, 5.74) is 0.0167. The van der Waals surface area contributed by atoms with Crippen LogP contribution in [0.4, 0.5) is 0 Å². The van der Waals surface area contributed by atoms with Gasteiger partial charge in [-0.3, -0.25) is 4.79 Å². The average Bonchev–Trinajstić information content (AvgIpc) is 2.86. The minimum atomic E-state index is -5.06. The van der Waals surface area contributed by atoms with Crippen LogP contribution in [-0.4, -0.2) is 37.5 Å². The van der Waals surface area contributed by atoms with Gasteiger partial charge in [-0.2, -0.15) is 0 Å². The SMILES string of the molecule is [2H]C([2H])(NC(C)=O)C([2H])([2H])c1c[nH]c2cc(OS(=O)(=O)[O-])c(OC)cc12.[Na+]. The molecule has 1 aromatic heterocycles. The number of aryl methyl sites for hydroxylation is 1. The zero-order valence-corrected chi connectivity index (χ0v) is 15.4. The quantitative estimate of drug-likeness (QED) is 0.342. The Morgan fingerprint density at radius 1 is 1.43 bits per heavy atom. The van der Waals surface area contributed by atoms with Crippen molar-refractivity contribution in [3.05, 3.63) is 23.9 Å². The summed E-state index contributed by atoms with van der Waals surface area (Å²) in [6, 6.07) is 2.31. The number of ether oxygens (including phenoxy) is 1. The fraction of sp³-hybridized carbons (Fsp3) is 0.308. The number of aromatic nitrogens is 1. The van der Waals surface area contributed by atoms with Gasteiger partial charge in [-0.05, 0) is 18.0 Å². The fourth-order valence-electron chi connectivity index (χ4n) is 1.75. The van der Waals surface area contributed by atoms with E-state index in [4.69, 9.17) is 10.2 Å². The molecule has 0 unspecified atom stereocenters. The molecule has 23 heavy (non-hydrogen) atoms. The summed E-state index contributed by atoms with van der Waals surface area (Å²) >= 11 is 0. The number of carbonyl (C=O) groups excluding carboxylic acids is 1. The van der Waals surface area contributed by atoms with E-state index in [2.05, 4.69) is 9.17 Å². The molecule has 0 fully saturated rings. The van der Waals surface area contributed by atoms with Crippen molar-refractivity contribution in [1.29, 1.82) is 0 Å². The van der Waals surface area contributed by atoms with Gasteiger partial charge < -0.3 is 23.8 Å². The Labute approximate surface area is 161 Å². The normalized spacial score (nSPS) is 14.7. The van der Waals surface area contributed by atoms with Crippen LogP contribution in [0.1, 0.15) is 18.0 Å². The number of aromatic amines is 1. The number of amides is 1. The molecule has 0 aliphatic carbocycles. The Kier molecular flexibility index (Phi) is 4.92. The summed E-state index contributed by atoms with van der Waals surface area (Å²) in [6.07, 6.45) is -1.49. The molecule has 0 saturated heterocycles. The van der Waals surface area contributed by atoms with Gasteiger partial charge in [-0.15, -0.1) is 0 Å². The van der Waals surface area contributed by atoms with Crippen LogP contribution in [0.25, 0.3) is 10.9 Å². The van der Waals surface area contributed by atoms with E-state index < -0.39 is 34.9 Å². The molecule has 2 N–H and O–H groups in total. The van der Waals surface area contributed by atoms with E-state index in [1.807, 2.05) is 5.32 Å². The van der Waals surface area contributed by atoms with Crippen LogP contribution in [0.2, 0.25) is 0 Å². The van der Waals surface area contributed by atoms with Crippen molar-refractivity contribution < 1.29 is 61.7 Å². The van der Waals surface area contributed by atoms with Crippen LogP contribution < -0.4 is 43.8 Å². The van der Waals surface area contributed by atoms with E-state index in [0.717, 1.165) is 13.0 Å². The predicted molar refractivity (Wildman–Crippen MR) is 77.6 cm³/mol. The first-order valence-electron chi connectivity index (χ1n) is 7.92. The van der Waals surface area contributed by atoms with Gasteiger partial charge in [0.25, 0.3) is 10.4 Å². The Bertz CT molecular complexity index is 963. The van der Waals surface area contributed by atoms with Gasteiger partial charge in [0.05, 0.1) is 7.11 Å². The summed E-state index contributed by atoms with van der Waals surface area (Å²) in [4.78, 5) is 13.8. The summed E-state index contributed by atoms with van der Waals surface area (Å²) in [7, 11) is -3.88. The van der Waals surface area contributed by atoms with Crippen molar-refractivity contribution in [1.82, 2.24) is 10.3 Å². The van der Waals surface area contributed by atoms with Crippen LogP contribution >= 0.6 is 0 Å². The summed E-state index contributed by atoms with van der Waals surface area (Å²) in [5.74, 6) is -1.34. The molecule has 2 rings (SSSR count). The second-order valence-electron chi connectivity index (χ2n) is 4.17. The van der Waals surface area contributed by atoms with Crippen LogP contribution in [-0.2, 0) is 21.6 Å². The third-order valence-electron chi connectivity index (χ3n) is 2.59. The number of methoxy groups -OCH3 is 1. The van der Waals surface area contributed by atoms with E-state index in [9.17, 15) is 17.8 Å². The molecule has 0 aliphatic heterocycles. The van der Waals surface area contributed by atoms with E-state index in [0.29, 0.717) is 0 Å².